The first-order chi connectivity index (χ1) is 38.1. The van der Waals surface area contributed by atoms with E-state index in [0.29, 0.717) is 96.8 Å². The first-order valence-corrected chi connectivity index (χ1v) is 26.4. The number of hydrogen-bond acceptors (Lipinski definition) is 21. The van der Waals surface area contributed by atoms with E-state index in [4.69, 9.17) is 99.3 Å². The number of nitrogens with two attached hydrogens (primary N) is 11. The van der Waals surface area contributed by atoms with Crippen LogP contribution < -0.4 is 89.7 Å². The smallest absolute Gasteiger partial charge is 0.326 e. The minimum atomic E-state index is -4.50. The fraction of sp³-hybridized carbons (Fsp3) is 0.667. The second-order valence-corrected chi connectivity index (χ2v) is 17.8. The molecule has 4 unspecified atom stereocenters. The number of aliphatic carboxylic acids is 4. The number of halogens is 1. The van der Waals surface area contributed by atoms with Crippen molar-refractivity contribution in [2.24, 2.45) is 78.0 Å². The molecular formula is C42H87ClN20O18S. The Hall–Kier alpha value is -7.98. The number of amidine groups is 1. The summed E-state index contributed by atoms with van der Waals surface area (Å²) in [4.78, 5) is 120. The van der Waals surface area contributed by atoms with Gasteiger partial charge >= 0.3 is 23.9 Å². The number of unbranched alkanes of at least 4 members (excludes halogenated alkanes) is 4. The summed E-state index contributed by atoms with van der Waals surface area (Å²) in [6.45, 7) is 2.20. The van der Waals surface area contributed by atoms with Crippen LogP contribution in [-0.2, 0) is 62.8 Å². The maximum atomic E-state index is 11.6. The quantitative estimate of drug-likeness (QED) is 0.00921. The lowest BCUT2D eigenvalue weighted by atomic mass is 10.1. The molecule has 0 rings (SSSR count). The molecule has 0 aliphatic heterocycles. The number of nitrogens with zero attached hydrogens (tertiary/aromatic N) is 3. The molecule has 38 nitrogen and oxygen atoms in total. The fourth-order valence-corrected chi connectivity index (χ4v) is 5.36. The van der Waals surface area contributed by atoms with Gasteiger partial charge in [-0.25, -0.2) is 19.2 Å². The van der Waals surface area contributed by atoms with Gasteiger partial charge in [0.2, 0.25) is 34.8 Å². The Morgan fingerprint density at radius 1 is 0.512 bits per heavy atom. The van der Waals surface area contributed by atoms with Gasteiger partial charge in [-0.15, -0.1) is 0 Å². The highest BCUT2D eigenvalue weighted by Gasteiger charge is 2.22. The van der Waals surface area contributed by atoms with Crippen molar-refractivity contribution in [1.29, 1.82) is 5.41 Å². The number of rotatable bonds is 35. The van der Waals surface area contributed by atoms with Crippen molar-refractivity contribution in [3.8, 4) is 0 Å². The molecule has 0 saturated heterocycles. The Bertz CT molecular complexity index is 2040. The van der Waals surface area contributed by atoms with Crippen molar-refractivity contribution in [1.82, 2.24) is 26.6 Å². The number of guanidine groups is 3. The fourth-order valence-electron chi connectivity index (χ4n) is 4.93. The summed E-state index contributed by atoms with van der Waals surface area (Å²) in [7, 11) is -3.15. The number of carboxylic acid groups (broad SMARTS) is 4. The van der Waals surface area contributed by atoms with E-state index >= 15 is 0 Å². The van der Waals surface area contributed by atoms with Gasteiger partial charge in [0.05, 0.1) is 33.3 Å². The van der Waals surface area contributed by atoms with Crippen molar-refractivity contribution in [2.45, 2.75) is 115 Å². The third-order valence-electron chi connectivity index (χ3n) is 8.88. The third kappa shape index (κ3) is 68.1. The molecule has 40 heteroatoms. The van der Waals surface area contributed by atoms with Crippen molar-refractivity contribution < 1.29 is 86.1 Å². The van der Waals surface area contributed by atoms with Gasteiger partial charge in [-0.3, -0.25) is 53.7 Å². The number of carbonyl (C=O) groups excluding carboxylic acids is 6. The molecule has 0 bridgehead atoms. The largest absolute Gasteiger partial charge is 0.480 e. The van der Waals surface area contributed by atoms with E-state index in [1.807, 2.05) is 5.32 Å². The Labute approximate surface area is 478 Å². The zero-order chi connectivity index (χ0) is 64.8. The lowest BCUT2D eigenvalue weighted by molar-refractivity contribution is -0.142. The van der Waals surface area contributed by atoms with Crippen molar-refractivity contribution in [2.75, 3.05) is 65.2 Å². The predicted molar refractivity (Wildman–Crippen MR) is 301 cm³/mol. The van der Waals surface area contributed by atoms with Gasteiger partial charge in [0, 0.05) is 26.1 Å². The van der Waals surface area contributed by atoms with Crippen molar-refractivity contribution in [3.63, 3.8) is 0 Å². The van der Waals surface area contributed by atoms with Gasteiger partial charge in [0.15, 0.2) is 23.6 Å². The van der Waals surface area contributed by atoms with Crippen LogP contribution in [0.1, 0.15) is 90.4 Å². The van der Waals surface area contributed by atoms with Crippen molar-refractivity contribution >= 4 is 104 Å². The lowest BCUT2D eigenvalue weighted by Crippen LogP contribution is -2.46. The number of ether oxygens (including phenoxy) is 1. The Morgan fingerprint density at radius 2 is 0.768 bits per heavy atom. The number of nitrogens with one attached hydrogen (secondary N) is 6. The van der Waals surface area contributed by atoms with E-state index in [0.717, 1.165) is 6.42 Å². The molecule has 4 atom stereocenters. The van der Waals surface area contributed by atoms with Gasteiger partial charge in [-0.1, -0.05) is 6.92 Å². The number of carbonyl (C=O) groups is 10. The average Bonchev–Trinajstić information content (AvgIpc) is 3.38. The summed E-state index contributed by atoms with van der Waals surface area (Å²) < 4.78 is 33.5. The Balaban J connectivity index is -0.000000225. The van der Waals surface area contributed by atoms with Crippen LogP contribution in [0.2, 0.25) is 0 Å². The van der Waals surface area contributed by atoms with E-state index in [2.05, 4.69) is 46.7 Å². The second-order valence-electron chi connectivity index (χ2n) is 15.9. The van der Waals surface area contributed by atoms with E-state index in [-0.39, 0.29) is 55.2 Å². The summed E-state index contributed by atoms with van der Waals surface area (Å²) in [5, 5.41) is 52.5. The molecule has 82 heavy (non-hydrogen) atoms. The van der Waals surface area contributed by atoms with Crippen LogP contribution in [0.3, 0.4) is 0 Å². The predicted octanol–water partition coefficient (Wildman–Crippen LogP) is -7.75. The number of hydrogen-bond donors (Lipinski definition) is 22. The zero-order valence-corrected chi connectivity index (χ0v) is 47.5. The van der Waals surface area contributed by atoms with E-state index < -0.39 is 100.0 Å². The van der Waals surface area contributed by atoms with Gasteiger partial charge in [-0.05, 0) is 95.2 Å². The molecule has 0 aliphatic carbocycles. The molecular weight excluding hydrogens is 1140 g/mol. The second kappa shape index (κ2) is 55.0. The van der Waals surface area contributed by atoms with Gasteiger partial charge in [0.25, 0.3) is 16.1 Å². The van der Waals surface area contributed by atoms with Crippen LogP contribution in [0.25, 0.3) is 0 Å². The number of aliphatic imine (C=N–C) groups is 3. The summed E-state index contributed by atoms with van der Waals surface area (Å²) in [5.74, 6) is -9.00. The highest BCUT2D eigenvalue weighted by molar-refractivity contribution is 7.86. The summed E-state index contributed by atoms with van der Waals surface area (Å²) in [5.41, 5.74) is 55.9. The standard InChI is InChI=1S/C11H21N5O7S.2C9H19N5O3.C8H17N3O3.C3H5ClO.C2H6N2O/c12-11(13)14-4-2-1-3-7(10(19)20)16-8(17)5-15-9(18)6-24(21,22)23;2*10-5-7(15)14-6(8(16)17)3-1-2-4-13-9(11)12;9-4-2-1-3-6(8(13)14)11-7(12)5-10;1-2-3(4)5;1-5-2(3)4/h7H,1-6H2,(H,15,18)(H,16,17)(H,19,20)(H4,12,13,14)(H,21,22,23);2*6H,1-5,10H2,(H,14,15)(H,16,17)(H4,11,12,13);6H,1-5,9-10H2,(H,11,12)(H,13,14);2H2,1H3;1H3,(H3,3,4). The Kier molecular flexibility index (Phi) is 57.2. The molecule has 0 spiro atoms. The normalized spacial score (nSPS) is 11.3. The monoisotopic (exact) mass is 1230 g/mol. The molecule has 0 aliphatic rings. The topological polar surface area (TPSA) is 723 Å². The maximum Gasteiger partial charge on any atom is 0.326 e. The molecule has 5 amide bonds. The highest BCUT2D eigenvalue weighted by atomic mass is 35.5. The molecule has 0 aromatic heterocycles. The van der Waals surface area contributed by atoms with E-state index in [9.17, 15) is 56.4 Å². The molecule has 476 valence electrons. The molecule has 0 radical (unpaired) electrons. The minimum Gasteiger partial charge on any atom is -0.480 e. The number of carboxylic acids is 4. The minimum absolute atomic E-state index is 0.0104. The lowest BCUT2D eigenvalue weighted by Gasteiger charge is -2.14. The molecule has 0 saturated carbocycles. The first-order valence-electron chi connectivity index (χ1n) is 24.4. The molecule has 0 fully saturated rings. The van der Waals surface area contributed by atoms with Crippen LogP contribution in [-0.4, -0.2) is 205 Å². The van der Waals surface area contributed by atoms with Gasteiger partial charge in [-0.2, -0.15) is 8.42 Å². The number of amides is 5. The zero-order valence-electron chi connectivity index (χ0n) is 45.9. The number of methoxy groups -OCH3 is 1. The molecule has 0 aromatic rings. The SMILES string of the molecule is CCC(=O)Cl.COC(=N)N.NC(N)=NCCCCC(NC(=O)CNC(=O)CS(=O)(=O)O)C(=O)O.NCC(=O)NC(CCCCN=C(N)N)C(=O)O.NCC(=O)NC(CCCCN=C(N)N)C(=O)O.NCCCCC(NC(=O)CN)C(=O)O. The van der Waals surface area contributed by atoms with Crippen molar-refractivity contribution in [3.05, 3.63) is 0 Å². The third-order valence-corrected chi connectivity index (χ3v) is 9.77. The molecule has 33 N–H and O–H groups in total. The Morgan fingerprint density at radius 3 is 0.963 bits per heavy atom. The summed E-state index contributed by atoms with van der Waals surface area (Å²) in [6, 6.07) is -4.09. The van der Waals surface area contributed by atoms with E-state index in [1.165, 1.54) is 7.11 Å². The summed E-state index contributed by atoms with van der Waals surface area (Å²) >= 11 is 4.82. The van der Waals surface area contributed by atoms with Crippen LogP contribution >= 0.6 is 11.6 Å². The highest BCUT2D eigenvalue weighted by Crippen LogP contribution is 2.05. The van der Waals surface area contributed by atoms with E-state index in [1.54, 1.807) is 6.92 Å². The molecule has 0 heterocycles. The van der Waals surface area contributed by atoms with Crippen LogP contribution in [0, 0.1) is 5.41 Å². The van der Waals surface area contributed by atoms with Gasteiger partial charge in [0.1, 0.15) is 24.2 Å². The van der Waals surface area contributed by atoms with Crippen LogP contribution in [0.15, 0.2) is 15.0 Å². The van der Waals surface area contributed by atoms with Gasteiger partial charge < -0.3 is 115 Å². The molecule has 0 aromatic carbocycles. The van der Waals surface area contributed by atoms with Crippen LogP contribution in [0.4, 0.5) is 0 Å². The summed E-state index contributed by atoms with van der Waals surface area (Å²) in [6.07, 6.45) is 6.46. The maximum absolute atomic E-state index is 11.6. The average molecular weight is 1230 g/mol. The first kappa shape index (κ1) is 85.3. The van der Waals surface area contributed by atoms with Crippen LogP contribution in [0.5, 0.6) is 0 Å².